The SMILES string of the molecule is CCC(N)C(=O)CCl.CCC(NC(C)=O)C(=O)CCl. The molecule has 2 atom stereocenters. The van der Waals surface area contributed by atoms with Gasteiger partial charge >= 0.3 is 0 Å². The van der Waals surface area contributed by atoms with Crippen molar-refractivity contribution < 1.29 is 14.4 Å². The first kappa shape index (κ1) is 20.7. The van der Waals surface area contributed by atoms with Gasteiger partial charge in [0, 0.05) is 6.92 Å². The van der Waals surface area contributed by atoms with Gasteiger partial charge in [-0.05, 0) is 12.8 Å². The van der Waals surface area contributed by atoms with E-state index in [2.05, 4.69) is 5.32 Å². The van der Waals surface area contributed by atoms with Crippen LogP contribution in [0.3, 0.4) is 0 Å². The Labute approximate surface area is 124 Å². The van der Waals surface area contributed by atoms with Crippen LogP contribution in [0.4, 0.5) is 0 Å². The molecule has 112 valence electrons. The minimum Gasteiger partial charge on any atom is -0.347 e. The van der Waals surface area contributed by atoms with Crippen LogP contribution in [0.25, 0.3) is 0 Å². The number of nitrogens with one attached hydrogen (secondary N) is 1. The summed E-state index contributed by atoms with van der Waals surface area (Å²) in [5, 5.41) is 2.51. The number of nitrogens with two attached hydrogens (primary N) is 1. The normalized spacial score (nSPS) is 12.7. The highest BCUT2D eigenvalue weighted by molar-refractivity contribution is 6.28. The van der Waals surface area contributed by atoms with Gasteiger partial charge in [-0.3, -0.25) is 14.4 Å². The maximum atomic E-state index is 10.9. The third kappa shape index (κ3) is 10.9. The zero-order valence-corrected chi connectivity index (χ0v) is 13.1. The van der Waals surface area contributed by atoms with Crippen molar-refractivity contribution in [1.29, 1.82) is 0 Å². The zero-order valence-electron chi connectivity index (χ0n) is 11.5. The molecule has 19 heavy (non-hydrogen) atoms. The predicted octanol–water partition coefficient (Wildman–Crippen LogP) is 1.24. The molecule has 0 aliphatic heterocycles. The minimum absolute atomic E-state index is 0.0367. The Kier molecular flexibility index (Phi) is 13.5. The van der Waals surface area contributed by atoms with E-state index in [4.69, 9.17) is 28.9 Å². The van der Waals surface area contributed by atoms with E-state index in [-0.39, 0.29) is 35.3 Å². The number of halogens is 2. The highest BCUT2D eigenvalue weighted by Gasteiger charge is 2.15. The number of ketones is 2. The molecule has 2 unspecified atom stereocenters. The van der Waals surface area contributed by atoms with E-state index in [9.17, 15) is 14.4 Å². The number of amides is 1. The number of alkyl halides is 2. The molecule has 0 aromatic rings. The molecule has 0 aliphatic rings. The monoisotopic (exact) mass is 312 g/mol. The lowest BCUT2D eigenvalue weighted by Gasteiger charge is -2.11. The van der Waals surface area contributed by atoms with Crippen molar-refractivity contribution in [3.8, 4) is 0 Å². The van der Waals surface area contributed by atoms with Crippen molar-refractivity contribution in [2.24, 2.45) is 5.73 Å². The number of Topliss-reactive ketones (excluding diaryl/α,β-unsaturated/α-hetero) is 2. The summed E-state index contributed by atoms with van der Waals surface area (Å²) in [6.07, 6.45) is 1.26. The van der Waals surface area contributed by atoms with Gasteiger partial charge in [-0.15, -0.1) is 23.2 Å². The van der Waals surface area contributed by atoms with E-state index in [1.54, 1.807) is 0 Å². The minimum atomic E-state index is -0.412. The molecular formula is C12H22Cl2N2O3. The molecule has 0 heterocycles. The number of hydrogen-bond donors (Lipinski definition) is 2. The highest BCUT2D eigenvalue weighted by Crippen LogP contribution is 1.94. The molecule has 3 N–H and O–H groups in total. The molecule has 1 amide bonds. The van der Waals surface area contributed by atoms with E-state index >= 15 is 0 Å². The molecule has 7 heteroatoms. The van der Waals surface area contributed by atoms with Crippen LogP contribution in [0.1, 0.15) is 33.6 Å². The van der Waals surface area contributed by atoms with Gasteiger partial charge in [0.25, 0.3) is 0 Å². The Morgan fingerprint density at radius 3 is 1.74 bits per heavy atom. The van der Waals surface area contributed by atoms with Crippen LogP contribution in [0.15, 0.2) is 0 Å². The van der Waals surface area contributed by atoms with Gasteiger partial charge in [-0.2, -0.15) is 0 Å². The Balaban J connectivity index is 0. The lowest BCUT2D eigenvalue weighted by molar-refractivity contribution is -0.125. The Morgan fingerprint density at radius 1 is 1.05 bits per heavy atom. The third-order valence-electron chi connectivity index (χ3n) is 2.29. The van der Waals surface area contributed by atoms with E-state index < -0.39 is 6.04 Å². The number of rotatable bonds is 7. The summed E-state index contributed by atoms with van der Waals surface area (Å²) >= 11 is 10.5. The van der Waals surface area contributed by atoms with Gasteiger partial charge in [0.2, 0.25) is 5.91 Å². The first-order valence-corrected chi connectivity index (χ1v) is 7.10. The summed E-state index contributed by atoms with van der Waals surface area (Å²) in [5.41, 5.74) is 5.29. The summed E-state index contributed by atoms with van der Waals surface area (Å²) in [5.74, 6) is -0.415. The first-order chi connectivity index (χ1) is 8.83. The van der Waals surface area contributed by atoms with Crippen LogP contribution in [-0.4, -0.2) is 41.3 Å². The molecule has 0 aromatic heterocycles. The van der Waals surface area contributed by atoms with Gasteiger partial charge in [0.1, 0.15) is 0 Å². The van der Waals surface area contributed by atoms with E-state index in [1.807, 2.05) is 13.8 Å². The zero-order chi connectivity index (χ0) is 15.4. The molecule has 0 aliphatic carbocycles. The molecule has 0 bridgehead atoms. The summed E-state index contributed by atoms with van der Waals surface area (Å²) in [7, 11) is 0. The molecule has 5 nitrogen and oxygen atoms in total. The van der Waals surface area contributed by atoms with Crippen molar-refractivity contribution in [3.63, 3.8) is 0 Å². The quantitative estimate of drug-likeness (QED) is 0.692. The summed E-state index contributed by atoms with van der Waals surface area (Å²) in [6.45, 7) is 5.06. The average molecular weight is 313 g/mol. The van der Waals surface area contributed by atoms with Crippen LogP contribution in [0.2, 0.25) is 0 Å². The summed E-state index contributed by atoms with van der Waals surface area (Å²) in [6, 6.07) is -0.766. The Hall–Kier alpha value is -0.650. The molecule has 0 fully saturated rings. The third-order valence-corrected chi connectivity index (χ3v) is 2.82. The van der Waals surface area contributed by atoms with Crippen molar-refractivity contribution in [1.82, 2.24) is 5.32 Å². The average Bonchev–Trinajstić information content (AvgIpc) is 2.42. The fourth-order valence-electron chi connectivity index (χ4n) is 1.08. The largest absolute Gasteiger partial charge is 0.347 e. The van der Waals surface area contributed by atoms with E-state index in [0.717, 1.165) is 0 Å². The van der Waals surface area contributed by atoms with Crippen molar-refractivity contribution >= 4 is 40.7 Å². The molecule has 0 spiro atoms. The second-order valence-corrected chi connectivity index (χ2v) is 4.41. The smallest absolute Gasteiger partial charge is 0.217 e. The van der Waals surface area contributed by atoms with Crippen LogP contribution in [-0.2, 0) is 14.4 Å². The predicted molar refractivity (Wildman–Crippen MR) is 77.6 cm³/mol. The molecular weight excluding hydrogens is 291 g/mol. The Bertz CT molecular complexity index is 299. The highest BCUT2D eigenvalue weighted by atomic mass is 35.5. The number of hydrogen-bond acceptors (Lipinski definition) is 4. The van der Waals surface area contributed by atoms with Crippen LogP contribution in [0.5, 0.6) is 0 Å². The van der Waals surface area contributed by atoms with Gasteiger partial charge in [0.15, 0.2) is 11.6 Å². The van der Waals surface area contributed by atoms with Crippen molar-refractivity contribution in [2.75, 3.05) is 11.8 Å². The maximum absolute atomic E-state index is 10.9. The van der Waals surface area contributed by atoms with Crippen LogP contribution in [0, 0.1) is 0 Å². The van der Waals surface area contributed by atoms with Gasteiger partial charge in [0.05, 0.1) is 23.8 Å². The lowest BCUT2D eigenvalue weighted by Crippen LogP contribution is -2.39. The van der Waals surface area contributed by atoms with Crippen molar-refractivity contribution in [3.05, 3.63) is 0 Å². The molecule has 0 saturated heterocycles. The molecule has 0 aromatic carbocycles. The second kappa shape index (κ2) is 12.4. The van der Waals surface area contributed by atoms with Crippen LogP contribution < -0.4 is 11.1 Å². The molecule has 0 radical (unpaired) electrons. The Morgan fingerprint density at radius 2 is 1.53 bits per heavy atom. The topological polar surface area (TPSA) is 89.3 Å². The maximum Gasteiger partial charge on any atom is 0.217 e. The van der Waals surface area contributed by atoms with Gasteiger partial charge < -0.3 is 11.1 Å². The summed E-state index contributed by atoms with van der Waals surface area (Å²) in [4.78, 5) is 31.9. The van der Waals surface area contributed by atoms with E-state index in [1.165, 1.54) is 6.92 Å². The molecule has 0 rings (SSSR count). The van der Waals surface area contributed by atoms with Crippen molar-refractivity contribution in [2.45, 2.75) is 45.7 Å². The lowest BCUT2D eigenvalue weighted by atomic mass is 10.1. The van der Waals surface area contributed by atoms with Crippen LogP contribution >= 0.6 is 23.2 Å². The van der Waals surface area contributed by atoms with Gasteiger partial charge in [-0.1, -0.05) is 13.8 Å². The molecule has 0 saturated carbocycles. The summed E-state index contributed by atoms with van der Waals surface area (Å²) < 4.78 is 0. The van der Waals surface area contributed by atoms with E-state index in [0.29, 0.717) is 12.8 Å². The number of carbonyl (C=O) groups is 3. The second-order valence-electron chi connectivity index (χ2n) is 3.88. The first-order valence-electron chi connectivity index (χ1n) is 6.03. The van der Waals surface area contributed by atoms with Gasteiger partial charge in [-0.25, -0.2) is 0 Å². The fraction of sp³-hybridized carbons (Fsp3) is 0.750. The standard InChI is InChI=1S/C7H12ClNO2.C5H10ClNO/c1-3-6(7(11)4-8)9-5(2)10;1-2-4(7)5(8)3-6/h6H,3-4H2,1-2H3,(H,9,10);4H,2-3,7H2,1H3. The number of carbonyl (C=O) groups excluding carboxylic acids is 3. The fourth-order valence-corrected chi connectivity index (χ4v) is 1.46.